The molecule has 0 bridgehead atoms. The standard InChI is InChI=1S/C33H42N4O4S/c1-25(2)18-21-37(3)30-17-16-27(22-29(30)34-24-26-12-6-4-7-13-26)32(39)35-33(19-10-11-20-33)23-31(38)36-42(40,41)28-14-8-5-9-15-28/h4-9,12-17,22,25,34H,10-11,18-21,23-24H2,1-3H3,(H,35,39)(H,36,38). The molecule has 8 nitrogen and oxygen atoms in total. The van der Waals surface area contributed by atoms with Crippen LogP contribution < -0.4 is 20.3 Å². The Morgan fingerprint density at radius 3 is 2.21 bits per heavy atom. The summed E-state index contributed by atoms with van der Waals surface area (Å²) in [6.07, 6.45) is 3.84. The van der Waals surface area contributed by atoms with Crippen LogP contribution in [0.2, 0.25) is 0 Å². The van der Waals surface area contributed by atoms with Gasteiger partial charge in [0.25, 0.3) is 15.9 Å². The summed E-state index contributed by atoms with van der Waals surface area (Å²) >= 11 is 0. The number of carbonyl (C=O) groups is 2. The molecular formula is C33H42N4O4S. The van der Waals surface area contributed by atoms with E-state index < -0.39 is 21.5 Å². The molecule has 0 unspecified atom stereocenters. The SMILES string of the molecule is CC(C)CCN(C)c1ccc(C(=O)NC2(CC(=O)NS(=O)(=O)c3ccccc3)CCCC2)cc1NCc1ccccc1. The molecule has 1 saturated carbocycles. The number of nitrogens with one attached hydrogen (secondary N) is 3. The molecule has 3 aromatic rings. The molecule has 2 amide bonds. The Morgan fingerprint density at radius 1 is 0.929 bits per heavy atom. The monoisotopic (exact) mass is 590 g/mol. The summed E-state index contributed by atoms with van der Waals surface area (Å²) in [7, 11) is -1.94. The summed E-state index contributed by atoms with van der Waals surface area (Å²) in [6, 6.07) is 23.5. The summed E-state index contributed by atoms with van der Waals surface area (Å²) in [5.41, 5.74) is 2.66. The minimum atomic E-state index is -3.99. The average molecular weight is 591 g/mol. The van der Waals surface area contributed by atoms with Gasteiger partial charge in [0.1, 0.15) is 0 Å². The molecule has 4 rings (SSSR count). The summed E-state index contributed by atoms with van der Waals surface area (Å²) in [6.45, 7) is 5.89. The smallest absolute Gasteiger partial charge is 0.264 e. The van der Waals surface area contributed by atoms with Gasteiger partial charge < -0.3 is 15.5 Å². The number of amides is 2. The fourth-order valence-electron chi connectivity index (χ4n) is 5.38. The van der Waals surface area contributed by atoms with Gasteiger partial charge in [0.15, 0.2) is 0 Å². The number of hydrogen-bond donors (Lipinski definition) is 3. The van der Waals surface area contributed by atoms with Gasteiger partial charge in [-0.3, -0.25) is 9.59 Å². The second-order valence-corrected chi connectivity index (χ2v) is 13.3. The van der Waals surface area contributed by atoms with E-state index >= 15 is 0 Å². The third-order valence-corrected chi connectivity index (χ3v) is 9.17. The normalized spacial score (nSPS) is 14.4. The van der Waals surface area contributed by atoms with E-state index in [1.54, 1.807) is 18.2 Å². The van der Waals surface area contributed by atoms with E-state index in [1.165, 1.54) is 12.1 Å². The minimum absolute atomic E-state index is 0.0249. The van der Waals surface area contributed by atoms with Crippen LogP contribution in [-0.4, -0.2) is 39.4 Å². The zero-order valence-electron chi connectivity index (χ0n) is 24.7. The van der Waals surface area contributed by atoms with Crippen LogP contribution in [0.5, 0.6) is 0 Å². The lowest BCUT2D eigenvalue weighted by molar-refractivity contribution is -0.120. The van der Waals surface area contributed by atoms with Crippen LogP contribution in [0.4, 0.5) is 11.4 Å². The molecule has 0 spiro atoms. The largest absolute Gasteiger partial charge is 0.379 e. The van der Waals surface area contributed by atoms with Gasteiger partial charge in [-0.05, 0) is 61.1 Å². The molecule has 9 heteroatoms. The van der Waals surface area contributed by atoms with Crippen LogP contribution in [0.25, 0.3) is 0 Å². The number of nitrogens with zero attached hydrogens (tertiary/aromatic N) is 1. The van der Waals surface area contributed by atoms with Gasteiger partial charge in [-0.1, -0.05) is 75.2 Å². The van der Waals surface area contributed by atoms with E-state index in [0.717, 1.165) is 42.7 Å². The van der Waals surface area contributed by atoms with Crippen LogP contribution in [0, 0.1) is 5.92 Å². The molecule has 3 aromatic carbocycles. The number of carbonyl (C=O) groups excluding carboxylic acids is 2. The molecule has 3 N–H and O–H groups in total. The highest BCUT2D eigenvalue weighted by Crippen LogP contribution is 2.34. The van der Waals surface area contributed by atoms with Gasteiger partial charge in [0.2, 0.25) is 5.91 Å². The fraction of sp³-hybridized carbons (Fsp3) is 0.394. The first-order valence-corrected chi connectivity index (χ1v) is 16.1. The maximum absolute atomic E-state index is 13.6. The van der Waals surface area contributed by atoms with Gasteiger partial charge in [0, 0.05) is 31.2 Å². The highest BCUT2D eigenvalue weighted by atomic mass is 32.2. The maximum atomic E-state index is 13.6. The maximum Gasteiger partial charge on any atom is 0.264 e. The Morgan fingerprint density at radius 2 is 1.57 bits per heavy atom. The van der Waals surface area contributed by atoms with E-state index in [4.69, 9.17) is 0 Å². The Kier molecular flexibility index (Phi) is 10.3. The van der Waals surface area contributed by atoms with Crippen molar-refractivity contribution in [2.45, 2.75) is 69.4 Å². The molecule has 0 heterocycles. The quantitative estimate of drug-likeness (QED) is 0.235. The summed E-state index contributed by atoms with van der Waals surface area (Å²) in [5.74, 6) is -0.344. The molecule has 42 heavy (non-hydrogen) atoms. The number of anilines is 2. The van der Waals surface area contributed by atoms with Crippen molar-refractivity contribution in [2.75, 3.05) is 23.8 Å². The van der Waals surface area contributed by atoms with Crippen LogP contribution in [0.15, 0.2) is 83.8 Å². The third-order valence-electron chi connectivity index (χ3n) is 7.78. The van der Waals surface area contributed by atoms with Crippen molar-refractivity contribution in [1.29, 1.82) is 0 Å². The van der Waals surface area contributed by atoms with Crippen molar-refractivity contribution in [3.63, 3.8) is 0 Å². The number of benzene rings is 3. The summed E-state index contributed by atoms with van der Waals surface area (Å²) in [5, 5.41) is 6.64. The van der Waals surface area contributed by atoms with Crippen LogP contribution >= 0.6 is 0 Å². The van der Waals surface area contributed by atoms with Gasteiger partial charge in [-0.2, -0.15) is 0 Å². The Balaban J connectivity index is 1.51. The van der Waals surface area contributed by atoms with E-state index in [9.17, 15) is 18.0 Å². The lowest BCUT2D eigenvalue weighted by Crippen LogP contribution is -2.50. The first kappa shape index (κ1) is 31.1. The van der Waals surface area contributed by atoms with Crippen molar-refractivity contribution >= 4 is 33.2 Å². The van der Waals surface area contributed by atoms with Crippen molar-refractivity contribution in [2.24, 2.45) is 5.92 Å². The van der Waals surface area contributed by atoms with Gasteiger partial charge in [-0.15, -0.1) is 0 Å². The number of hydrogen-bond acceptors (Lipinski definition) is 6. The van der Waals surface area contributed by atoms with Gasteiger partial charge >= 0.3 is 0 Å². The average Bonchev–Trinajstić information content (AvgIpc) is 3.42. The first-order chi connectivity index (χ1) is 20.1. The summed E-state index contributed by atoms with van der Waals surface area (Å²) < 4.78 is 27.6. The van der Waals surface area contributed by atoms with Crippen LogP contribution in [-0.2, 0) is 21.4 Å². The molecule has 0 atom stereocenters. The molecule has 0 radical (unpaired) electrons. The second-order valence-electron chi connectivity index (χ2n) is 11.6. The van der Waals surface area contributed by atoms with Crippen molar-refractivity contribution in [1.82, 2.24) is 10.0 Å². The third kappa shape index (κ3) is 8.35. The first-order valence-electron chi connectivity index (χ1n) is 14.6. The molecule has 0 aliphatic heterocycles. The van der Waals surface area contributed by atoms with E-state index in [2.05, 4.69) is 53.3 Å². The van der Waals surface area contributed by atoms with Gasteiger partial charge in [-0.25, -0.2) is 13.1 Å². The zero-order chi connectivity index (χ0) is 30.2. The lowest BCUT2D eigenvalue weighted by atomic mass is 9.92. The molecule has 0 saturated heterocycles. The summed E-state index contributed by atoms with van der Waals surface area (Å²) in [4.78, 5) is 28.8. The zero-order valence-corrected chi connectivity index (χ0v) is 25.5. The number of rotatable bonds is 13. The molecule has 1 aliphatic carbocycles. The van der Waals surface area contributed by atoms with Crippen molar-refractivity contribution in [3.8, 4) is 0 Å². The predicted octanol–water partition coefficient (Wildman–Crippen LogP) is 5.72. The van der Waals surface area contributed by atoms with Crippen molar-refractivity contribution < 1.29 is 18.0 Å². The van der Waals surface area contributed by atoms with E-state index in [0.29, 0.717) is 30.9 Å². The molecule has 0 aromatic heterocycles. The van der Waals surface area contributed by atoms with Crippen LogP contribution in [0.3, 0.4) is 0 Å². The van der Waals surface area contributed by atoms with Gasteiger partial charge in [0.05, 0.1) is 22.7 Å². The van der Waals surface area contributed by atoms with Crippen molar-refractivity contribution in [3.05, 3.63) is 90.0 Å². The Labute approximate surface area is 250 Å². The molecule has 224 valence electrons. The Bertz CT molecular complexity index is 1450. The second kappa shape index (κ2) is 13.9. The molecule has 1 fully saturated rings. The molecular weight excluding hydrogens is 548 g/mol. The molecule has 1 aliphatic rings. The van der Waals surface area contributed by atoms with E-state index in [-0.39, 0.29) is 17.2 Å². The highest BCUT2D eigenvalue weighted by molar-refractivity contribution is 7.90. The van der Waals surface area contributed by atoms with E-state index in [1.807, 2.05) is 36.4 Å². The topological polar surface area (TPSA) is 108 Å². The number of sulfonamides is 1. The minimum Gasteiger partial charge on any atom is -0.379 e. The van der Waals surface area contributed by atoms with Crippen LogP contribution in [0.1, 0.15) is 68.3 Å². The fourth-order valence-corrected chi connectivity index (χ4v) is 6.38. The lowest BCUT2D eigenvalue weighted by Gasteiger charge is -2.30. The highest BCUT2D eigenvalue weighted by Gasteiger charge is 2.38. The predicted molar refractivity (Wildman–Crippen MR) is 168 cm³/mol. The Hall–Kier alpha value is -3.85.